The lowest BCUT2D eigenvalue weighted by molar-refractivity contribution is -0.147. The number of rotatable bonds is 6. The largest absolute Gasteiger partial charge is 0.463 e. The highest BCUT2D eigenvalue weighted by atomic mass is 35.5. The average Bonchev–Trinajstić information content (AvgIpc) is 2.40. The molecule has 0 amide bonds. The fourth-order valence-corrected chi connectivity index (χ4v) is 1.75. The first kappa shape index (κ1) is 16.6. The molecule has 0 atom stereocenters. The number of hydrogen-bond donors (Lipinski definition) is 1. The number of nitrogens with two attached hydrogens (primary N) is 1. The molecule has 0 aliphatic rings. The molecular weight excluding hydrogens is 305 g/mol. The van der Waals surface area contributed by atoms with E-state index in [9.17, 15) is 9.59 Å². The average molecular weight is 320 g/mol. The van der Waals surface area contributed by atoms with Gasteiger partial charge in [0.05, 0.1) is 22.2 Å². The van der Waals surface area contributed by atoms with E-state index in [1.165, 1.54) is 12.1 Å². The molecule has 0 aliphatic heterocycles. The summed E-state index contributed by atoms with van der Waals surface area (Å²) in [5.74, 6) is -1.39. The van der Waals surface area contributed by atoms with Gasteiger partial charge in [0.25, 0.3) is 0 Å². The lowest BCUT2D eigenvalue weighted by Crippen LogP contribution is -2.17. The Labute approximate surface area is 126 Å². The van der Waals surface area contributed by atoms with Crippen molar-refractivity contribution in [2.75, 3.05) is 18.9 Å². The minimum absolute atomic E-state index is 0.0121. The maximum absolute atomic E-state index is 11.8. The van der Waals surface area contributed by atoms with Crippen LogP contribution in [0.25, 0.3) is 0 Å². The summed E-state index contributed by atoms with van der Waals surface area (Å²) in [6.45, 7) is 1.79. The third-order valence-electron chi connectivity index (χ3n) is 2.35. The molecule has 0 aromatic heterocycles. The van der Waals surface area contributed by atoms with Gasteiger partial charge in [0.2, 0.25) is 0 Å². The molecular formula is C13H15Cl2NO4. The van der Waals surface area contributed by atoms with Crippen molar-refractivity contribution in [1.29, 1.82) is 0 Å². The summed E-state index contributed by atoms with van der Waals surface area (Å²) in [4.78, 5) is 23.1. The van der Waals surface area contributed by atoms with E-state index in [0.29, 0.717) is 6.61 Å². The maximum Gasteiger partial charge on any atom is 0.344 e. The lowest BCUT2D eigenvalue weighted by atomic mass is 10.2. The van der Waals surface area contributed by atoms with E-state index in [1.54, 1.807) is 0 Å². The number of hydrogen-bond acceptors (Lipinski definition) is 5. The summed E-state index contributed by atoms with van der Waals surface area (Å²) >= 11 is 11.7. The van der Waals surface area contributed by atoms with E-state index >= 15 is 0 Å². The van der Waals surface area contributed by atoms with Gasteiger partial charge in [-0.1, -0.05) is 36.5 Å². The minimum atomic E-state index is -0.781. The zero-order valence-corrected chi connectivity index (χ0v) is 12.5. The third-order valence-corrected chi connectivity index (χ3v) is 3.15. The van der Waals surface area contributed by atoms with Gasteiger partial charge in [0.1, 0.15) is 0 Å². The van der Waals surface area contributed by atoms with Gasteiger partial charge < -0.3 is 15.2 Å². The van der Waals surface area contributed by atoms with Gasteiger partial charge in [-0.2, -0.15) is 0 Å². The Morgan fingerprint density at radius 3 is 2.60 bits per heavy atom. The van der Waals surface area contributed by atoms with E-state index in [1.807, 2.05) is 6.92 Å². The number of unbranched alkanes of at least 4 members (excludes halogenated alkanes) is 1. The number of benzene rings is 1. The molecule has 0 saturated heterocycles. The monoisotopic (exact) mass is 319 g/mol. The molecule has 0 bridgehead atoms. The minimum Gasteiger partial charge on any atom is -0.463 e. The third kappa shape index (κ3) is 4.90. The second-order valence-corrected chi connectivity index (χ2v) is 4.80. The van der Waals surface area contributed by atoms with Gasteiger partial charge in [-0.25, -0.2) is 9.59 Å². The Kier molecular flexibility index (Phi) is 6.61. The maximum atomic E-state index is 11.8. The topological polar surface area (TPSA) is 78.6 Å². The Morgan fingerprint density at radius 2 is 1.95 bits per heavy atom. The summed E-state index contributed by atoms with van der Waals surface area (Å²) in [5, 5.41) is 0.175. The standard InChI is InChI=1S/C13H15Cl2NO4/c1-2-3-4-19-11(17)7-20-13(18)9-5-8(16)6-10(14)12(9)15/h5-6H,2-4,7,16H2,1H3. The quantitative estimate of drug-likeness (QED) is 0.495. The first-order chi connectivity index (χ1) is 9.45. The van der Waals surface area contributed by atoms with E-state index in [-0.39, 0.29) is 21.3 Å². The molecule has 0 spiro atoms. The van der Waals surface area contributed by atoms with E-state index < -0.39 is 18.5 Å². The Morgan fingerprint density at radius 1 is 1.25 bits per heavy atom. The fourth-order valence-electron chi connectivity index (χ4n) is 1.33. The molecule has 0 unspecified atom stereocenters. The number of carbonyl (C=O) groups is 2. The van der Waals surface area contributed by atoms with Crippen molar-refractivity contribution >= 4 is 40.8 Å². The van der Waals surface area contributed by atoms with Crippen molar-refractivity contribution in [3.05, 3.63) is 27.7 Å². The number of carbonyl (C=O) groups excluding carboxylic acids is 2. The number of anilines is 1. The van der Waals surface area contributed by atoms with Gasteiger partial charge in [-0.3, -0.25) is 0 Å². The highest BCUT2D eigenvalue weighted by molar-refractivity contribution is 6.44. The van der Waals surface area contributed by atoms with Crippen LogP contribution in [0.15, 0.2) is 12.1 Å². The van der Waals surface area contributed by atoms with Gasteiger partial charge in [-0.15, -0.1) is 0 Å². The van der Waals surface area contributed by atoms with Crippen LogP contribution in [0.4, 0.5) is 5.69 Å². The van der Waals surface area contributed by atoms with Crippen LogP contribution in [0, 0.1) is 0 Å². The Balaban J connectivity index is 2.57. The van der Waals surface area contributed by atoms with Crippen LogP contribution < -0.4 is 5.73 Å². The number of halogens is 2. The van der Waals surface area contributed by atoms with Crippen molar-refractivity contribution in [1.82, 2.24) is 0 Å². The second-order valence-electron chi connectivity index (χ2n) is 4.01. The predicted octanol–water partition coefficient (Wildman–Crippen LogP) is 3.08. The molecule has 0 heterocycles. The van der Waals surface area contributed by atoms with Crippen LogP contribution in [-0.4, -0.2) is 25.2 Å². The van der Waals surface area contributed by atoms with Crippen molar-refractivity contribution in [2.24, 2.45) is 0 Å². The molecule has 110 valence electrons. The SMILES string of the molecule is CCCCOC(=O)COC(=O)c1cc(N)cc(Cl)c1Cl. The molecule has 1 aromatic carbocycles. The molecule has 20 heavy (non-hydrogen) atoms. The summed E-state index contributed by atoms with van der Waals surface area (Å²) in [6, 6.07) is 2.75. The molecule has 1 rings (SSSR count). The van der Waals surface area contributed by atoms with Crippen LogP contribution in [-0.2, 0) is 14.3 Å². The second kappa shape index (κ2) is 7.97. The highest BCUT2D eigenvalue weighted by Crippen LogP contribution is 2.29. The fraction of sp³-hybridized carbons (Fsp3) is 0.385. The van der Waals surface area contributed by atoms with E-state index in [0.717, 1.165) is 12.8 Å². The lowest BCUT2D eigenvalue weighted by Gasteiger charge is -2.08. The molecule has 7 heteroatoms. The molecule has 0 aliphatic carbocycles. The summed E-state index contributed by atoms with van der Waals surface area (Å²) in [6.07, 6.45) is 1.67. The molecule has 1 aromatic rings. The molecule has 2 N–H and O–H groups in total. The zero-order chi connectivity index (χ0) is 15.1. The van der Waals surface area contributed by atoms with Crippen LogP contribution in [0.1, 0.15) is 30.1 Å². The zero-order valence-electron chi connectivity index (χ0n) is 10.9. The van der Waals surface area contributed by atoms with Gasteiger partial charge in [0, 0.05) is 5.69 Å². The predicted molar refractivity (Wildman–Crippen MR) is 77.0 cm³/mol. The highest BCUT2D eigenvalue weighted by Gasteiger charge is 2.17. The Hall–Kier alpha value is -1.46. The number of ether oxygens (including phenoxy) is 2. The van der Waals surface area contributed by atoms with Gasteiger partial charge in [0.15, 0.2) is 6.61 Å². The van der Waals surface area contributed by atoms with Crippen molar-refractivity contribution in [2.45, 2.75) is 19.8 Å². The van der Waals surface area contributed by atoms with Crippen LogP contribution in [0.3, 0.4) is 0 Å². The smallest absolute Gasteiger partial charge is 0.344 e. The van der Waals surface area contributed by atoms with Gasteiger partial charge in [-0.05, 0) is 18.6 Å². The van der Waals surface area contributed by atoms with Crippen LogP contribution in [0.2, 0.25) is 10.0 Å². The molecule has 5 nitrogen and oxygen atoms in total. The van der Waals surface area contributed by atoms with Gasteiger partial charge >= 0.3 is 11.9 Å². The van der Waals surface area contributed by atoms with Crippen molar-refractivity contribution < 1.29 is 19.1 Å². The molecule has 0 radical (unpaired) electrons. The van der Waals surface area contributed by atoms with Crippen LogP contribution in [0.5, 0.6) is 0 Å². The van der Waals surface area contributed by atoms with E-state index in [4.69, 9.17) is 38.4 Å². The molecule has 0 fully saturated rings. The first-order valence-corrected chi connectivity index (χ1v) is 6.78. The van der Waals surface area contributed by atoms with E-state index in [2.05, 4.69) is 0 Å². The summed E-state index contributed by atoms with van der Waals surface area (Å²) < 4.78 is 9.65. The summed E-state index contributed by atoms with van der Waals surface area (Å²) in [5.41, 5.74) is 5.85. The Bertz CT molecular complexity index is 505. The number of esters is 2. The van der Waals surface area contributed by atoms with Crippen molar-refractivity contribution in [3.63, 3.8) is 0 Å². The summed E-state index contributed by atoms with van der Waals surface area (Å²) in [7, 11) is 0. The normalized spacial score (nSPS) is 10.2. The van der Waals surface area contributed by atoms with Crippen LogP contribution >= 0.6 is 23.2 Å². The first-order valence-electron chi connectivity index (χ1n) is 6.03. The number of nitrogen functional groups attached to an aromatic ring is 1. The molecule has 0 saturated carbocycles. The van der Waals surface area contributed by atoms with Crippen molar-refractivity contribution in [3.8, 4) is 0 Å².